The van der Waals surface area contributed by atoms with Gasteiger partial charge in [-0.3, -0.25) is 9.59 Å². The first-order valence-corrected chi connectivity index (χ1v) is 11.2. The molecule has 3 aromatic carbocycles. The molecule has 3 aromatic rings. The number of carbonyl (C=O) groups is 2. The summed E-state index contributed by atoms with van der Waals surface area (Å²) in [6, 6.07) is 19.8. The molecule has 0 spiro atoms. The number of hydrogen-bond donors (Lipinski definition) is 0. The maximum absolute atomic E-state index is 12.9. The number of allylic oxidation sites excluding steroid dienone is 1. The summed E-state index contributed by atoms with van der Waals surface area (Å²) in [5.74, 6) is 1.57. The maximum Gasteiger partial charge on any atom is 0.231 e. The largest absolute Gasteiger partial charge is 0.485 e. The van der Waals surface area contributed by atoms with E-state index >= 15 is 0 Å². The van der Waals surface area contributed by atoms with Gasteiger partial charge in [-0.15, -0.1) is 0 Å². The van der Waals surface area contributed by atoms with Gasteiger partial charge in [0.1, 0.15) is 23.4 Å². The molecule has 2 aliphatic heterocycles. The lowest BCUT2D eigenvalue weighted by Crippen LogP contribution is -2.18. The van der Waals surface area contributed by atoms with Crippen LogP contribution in [0.4, 0.5) is 0 Å². The molecule has 0 N–H and O–H groups in total. The average Bonchev–Trinajstić information content (AvgIpc) is 3.13. The van der Waals surface area contributed by atoms with Crippen LogP contribution in [0.1, 0.15) is 33.2 Å². The van der Waals surface area contributed by atoms with Crippen LogP contribution >= 0.6 is 15.9 Å². The lowest BCUT2D eigenvalue weighted by molar-refractivity contribution is 0.0921. The van der Waals surface area contributed by atoms with Crippen LogP contribution in [0.15, 0.2) is 88.6 Å². The fourth-order valence-corrected chi connectivity index (χ4v) is 3.96. The Morgan fingerprint density at radius 3 is 2.67 bits per heavy atom. The van der Waals surface area contributed by atoms with Crippen molar-refractivity contribution in [2.45, 2.75) is 13.0 Å². The lowest BCUT2D eigenvalue weighted by atomic mass is 10.0. The van der Waals surface area contributed by atoms with Crippen LogP contribution in [0.25, 0.3) is 6.08 Å². The van der Waals surface area contributed by atoms with Gasteiger partial charge >= 0.3 is 0 Å². The second-order valence-electron chi connectivity index (χ2n) is 7.76. The van der Waals surface area contributed by atoms with Crippen LogP contribution in [0.3, 0.4) is 0 Å². The third-order valence-electron chi connectivity index (χ3n) is 5.49. The van der Waals surface area contributed by atoms with E-state index in [1.807, 2.05) is 49.4 Å². The van der Waals surface area contributed by atoms with E-state index in [0.29, 0.717) is 22.6 Å². The number of Topliss-reactive ketones (excluding diaryl/α,β-unsaturated/α-hetero) is 2. The molecule has 164 valence electrons. The molecule has 0 fully saturated rings. The molecule has 5 rings (SSSR count). The minimum atomic E-state index is -0.212. The number of ketones is 2. The highest BCUT2D eigenvalue weighted by molar-refractivity contribution is 9.10. The van der Waals surface area contributed by atoms with E-state index in [9.17, 15) is 9.59 Å². The molecule has 1 atom stereocenters. The molecule has 6 heteroatoms. The van der Waals surface area contributed by atoms with Gasteiger partial charge in [-0.05, 0) is 55.0 Å². The minimum absolute atomic E-state index is 0.113. The number of para-hydroxylation sites is 1. The predicted molar refractivity (Wildman–Crippen MR) is 128 cm³/mol. The van der Waals surface area contributed by atoms with Crippen LogP contribution in [0.2, 0.25) is 0 Å². The van der Waals surface area contributed by atoms with Crippen LogP contribution in [-0.4, -0.2) is 24.3 Å². The van der Waals surface area contributed by atoms with Gasteiger partial charge in [-0.25, -0.2) is 0 Å². The standard InChI is InChI=1S/C27H19BrO5/c1-16-19(12-18-4-2-3-5-24(18)32-16)13-26-27(30)22-11-10-21(14-25(22)33-26)31-15-23(29)17-6-8-20(28)9-7-17/h2-14,16H,15H2,1H3/t16-/m1/s1. The molecule has 0 saturated heterocycles. The summed E-state index contributed by atoms with van der Waals surface area (Å²) in [7, 11) is 0. The van der Waals surface area contributed by atoms with Crippen molar-refractivity contribution >= 4 is 33.6 Å². The molecule has 0 aromatic heterocycles. The lowest BCUT2D eigenvalue weighted by Gasteiger charge is -2.22. The van der Waals surface area contributed by atoms with Crippen molar-refractivity contribution in [1.82, 2.24) is 0 Å². The quantitative estimate of drug-likeness (QED) is 0.314. The van der Waals surface area contributed by atoms with E-state index < -0.39 is 0 Å². The summed E-state index contributed by atoms with van der Waals surface area (Å²) in [6.07, 6.45) is 3.51. The number of hydrogen-bond acceptors (Lipinski definition) is 5. The number of rotatable bonds is 5. The molecule has 0 unspecified atom stereocenters. The number of ether oxygens (including phenoxy) is 3. The number of carbonyl (C=O) groups excluding carboxylic acids is 2. The number of halogens is 1. The van der Waals surface area contributed by atoms with E-state index in [4.69, 9.17) is 14.2 Å². The Bertz CT molecular complexity index is 1320. The van der Waals surface area contributed by atoms with E-state index in [1.165, 1.54) is 0 Å². The topological polar surface area (TPSA) is 61.8 Å². The average molecular weight is 503 g/mol. The Labute approximate surface area is 199 Å². The summed E-state index contributed by atoms with van der Waals surface area (Å²) >= 11 is 3.35. The summed E-state index contributed by atoms with van der Waals surface area (Å²) in [4.78, 5) is 25.2. The van der Waals surface area contributed by atoms with Gasteiger partial charge in [0.15, 0.2) is 18.1 Å². The number of benzene rings is 3. The zero-order chi connectivity index (χ0) is 22.9. The van der Waals surface area contributed by atoms with Crippen molar-refractivity contribution in [2.24, 2.45) is 0 Å². The summed E-state index contributed by atoms with van der Waals surface area (Å²) in [6.45, 7) is 1.82. The fraction of sp³-hybridized carbons (Fsp3) is 0.111. The summed E-state index contributed by atoms with van der Waals surface area (Å²) in [5.41, 5.74) is 2.82. The SMILES string of the molecule is C[C@H]1Oc2ccccc2C=C1C=C1Oc2cc(OCC(=O)c3ccc(Br)cc3)ccc2C1=O. The van der Waals surface area contributed by atoms with Gasteiger partial charge < -0.3 is 14.2 Å². The molecule has 33 heavy (non-hydrogen) atoms. The van der Waals surface area contributed by atoms with E-state index in [0.717, 1.165) is 21.4 Å². The van der Waals surface area contributed by atoms with Crippen LogP contribution in [-0.2, 0) is 0 Å². The molecular weight excluding hydrogens is 484 g/mol. The first-order chi connectivity index (χ1) is 16.0. The third kappa shape index (κ3) is 4.34. The Kier molecular flexibility index (Phi) is 5.60. The summed E-state index contributed by atoms with van der Waals surface area (Å²) in [5, 5.41) is 0. The summed E-state index contributed by atoms with van der Waals surface area (Å²) < 4.78 is 18.3. The molecule has 0 saturated carbocycles. The van der Waals surface area contributed by atoms with Gasteiger partial charge in [0.25, 0.3) is 0 Å². The van der Waals surface area contributed by atoms with Crippen molar-refractivity contribution in [3.8, 4) is 17.2 Å². The molecule has 2 aliphatic rings. The highest BCUT2D eigenvalue weighted by Gasteiger charge is 2.29. The molecule has 5 nitrogen and oxygen atoms in total. The van der Waals surface area contributed by atoms with Crippen molar-refractivity contribution in [3.05, 3.63) is 105 Å². The van der Waals surface area contributed by atoms with Crippen molar-refractivity contribution in [1.29, 1.82) is 0 Å². The Balaban J connectivity index is 1.31. The number of fused-ring (bicyclic) bond motifs is 2. The van der Waals surface area contributed by atoms with Gasteiger partial charge in [0.05, 0.1) is 5.56 Å². The fourth-order valence-electron chi connectivity index (χ4n) is 3.70. The molecule has 0 aliphatic carbocycles. The smallest absolute Gasteiger partial charge is 0.231 e. The first-order valence-electron chi connectivity index (χ1n) is 10.4. The molecule has 0 amide bonds. The van der Waals surface area contributed by atoms with Gasteiger partial charge in [0, 0.05) is 21.7 Å². The highest BCUT2D eigenvalue weighted by Crippen LogP contribution is 2.36. The van der Waals surface area contributed by atoms with Gasteiger partial charge in [-0.2, -0.15) is 0 Å². The Morgan fingerprint density at radius 2 is 1.85 bits per heavy atom. The van der Waals surface area contributed by atoms with Crippen LogP contribution < -0.4 is 14.2 Å². The minimum Gasteiger partial charge on any atom is -0.485 e. The second-order valence-corrected chi connectivity index (χ2v) is 8.67. The normalized spacial score (nSPS) is 17.5. The Morgan fingerprint density at radius 1 is 1.06 bits per heavy atom. The van der Waals surface area contributed by atoms with E-state index in [2.05, 4.69) is 15.9 Å². The maximum atomic E-state index is 12.9. The van der Waals surface area contributed by atoms with Crippen molar-refractivity contribution in [2.75, 3.05) is 6.61 Å². The van der Waals surface area contributed by atoms with Crippen LogP contribution in [0, 0.1) is 0 Å². The highest BCUT2D eigenvalue weighted by atomic mass is 79.9. The molecule has 0 bridgehead atoms. The van der Waals surface area contributed by atoms with E-state index in [-0.39, 0.29) is 30.0 Å². The van der Waals surface area contributed by atoms with Crippen LogP contribution in [0.5, 0.6) is 17.2 Å². The van der Waals surface area contributed by atoms with E-state index in [1.54, 1.807) is 36.4 Å². The van der Waals surface area contributed by atoms with Crippen molar-refractivity contribution < 1.29 is 23.8 Å². The third-order valence-corrected chi connectivity index (χ3v) is 6.02. The zero-order valence-corrected chi connectivity index (χ0v) is 19.3. The molecule has 2 heterocycles. The molecular formula is C27H19BrO5. The second kappa shape index (κ2) is 8.71. The van der Waals surface area contributed by atoms with Crippen molar-refractivity contribution in [3.63, 3.8) is 0 Å². The first kappa shape index (κ1) is 21.2. The Hall–Kier alpha value is -3.64. The zero-order valence-electron chi connectivity index (χ0n) is 17.7. The van der Waals surface area contributed by atoms with Gasteiger partial charge in [0.2, 0.25) is 5.78 Å². The molecule has 0 radical (unpaired) electrons. The monoisotopic (exact) mass is 502 g/mol. The predicted octanol–water partition coefficient (Wildman–Crippen LogP) is 6.03. The van der Waals surface area contributed by atoms with Gasteiger partial charge in [-0.1, -0.05) is 46.3 Å².